The molecule has 0 aliphatic carbocycles. The number of nitrogens with one attached hydrogen (secondary N) is 1. The van der Waals surface area contributed by atoms with Gasteiger partial charge in [0.15, 0.2) is 0 Å². The summed E-state index contributed by atoms with van der Waals surface area (Å²) in [6.07, 6.45) is 3.08. The van der Waals surface area contributed by atoms with Crippen LogP contribution in [0.5, 0.6) is 0 Å². The van der Waals surface area contributed by atoms with Crippen molar-refractivity contribution in [3.05, 3.63) is 34.6 Å². The van der Waals surface area contributed by atoms with E-state index in [1.54, 1.807) is 12.1 Å². The summed E-state index contributed by atoms with van der Waals surface area (Å²) >= 11 is 5.71. The topological polar surface area (TPSA) is 12.0 Å². The molecule has 1 aromatic carbocycles. The van der Waals surface area contributed by atoms with Gasteiger partial charge in [-0.1, -0.05) is 24.6 Å². The molecule has 1 N–H and O–H groups in total. The van der Waals surface area contributed by atoms with Crippen molar-refractivity contribution >= 4 is 11.6 Å². The third-order valence-electron chi connectivity index (χ3n) is 2.67. The van der Waals surface area contributed by atoms with Crippen molar-refractivity contribution in [3.8, 4) is 0 Å². The normalized spacial score (nSPS) is 12.8. The Kier molecular flexibility index (Phi) is 5.06. The Balaban J connectivity index is 2.54. The van der Waals surface area contributed by atoms with Crippen molar-refractivity contribution in [2.24, 2.45) is 0 Å². The largest absolute Gasteiger partial charge is 0.317 e. The molecule has 0 fully saturated rings. The summed E-state index contributed by atoms with van der Waals surface area (Å²) < 4.78 is 12.9. The molecule has 0 aliphatic heterocycles. The van der Waals surface area contributed by atoms with Gasteiger partial charge in [0.2, 0.25) is 0 Å². The summed E-state index contributed by atoms with van der Waals surface area (Å²) in [7, 11) is 1.96. The summed E-state index contributed by atoms with van der Waals surface area (Å²) in [5.74, 6) is -0.346. The van der Waals surface area contributed by atoms with Crippen LogP contribution < -0.4 is 5.32 Å². The van der Waals surface area contributed by atoms with E-state index >= 15 is 0 Å². The minimum absolute atomic E-state index is 0.213. The molecule has 1 atom stereocenters. The first kappa shape index (κ1) is 12.5. The Bertz CT molecular complexity index is 310. The highest BCUT2D eigenvalue weighted by Gasteiger charge is 2.05. The minimum atomic E-state index is -0.346. The Hall–Kier alpha value is -0.600. The van der Waals surface area contributed by atoms with Gasteiger partial charge in [-0.2, -0.15) is 0 Å². The molecule has 1 aromatic rings. The predicted molar refractivity (Wildman–Crippen MR) is 62.9 cm³/mol. The summed E-state index contributed by atoms with van der Waals surface area (Å²) in [6.45, 7) is 2.15. The van der Waals surface area contributed by atoms with Gasteiger partial charge in [-0.05, 0) is 44.0 Å². The molecule has 0 spiro atoms. The number of hydrogen-bond acceptors (Lipinski definition) is 1. The Morgan fingerprint density at radius 1 is 1.47 bits per heavy atom. The molecule has 0 bridgehead atoms. The van der Waals surface area contributed by atoms with Crippen molar-refractivity contribution < 1.29 is 4.39 Å². The molecule has 15 heavy (non-hydrogen) atoms. The van der Waals surface area contributed by atoms with Crippen LogP contribution in [0.25, 0.3) is 0 Å². The Morgan fingerprint density at radius 2 is 2.20 bits per heavy atom. The fourth-order valence-corrected chi connectivity index (χ4v) is 1.79. The minimum Gasteiger partial charge on any atom is -0.317 e. The smallest absolute Gasteiger partial charge is 0.141 e. The van der Waals surface area contributed by atoms with Crippen LogP contribution in [0.4, 0.5) is 4.39 Å². The second kappa shape index (κ2) is 6.09. The van der Waals surface area contributed by atoms with Gasteiger partial charge >= 0.3 is 0 Å². The summed E-state index contributed by atoms with van der Waals surface area (Å²) in [6, 6.07) is 5.45. The first-order valence-electron chi connectivity index (χ1n) is 5.28. The molecular formula is C12H17ClFN. The number of benzene rings is 1. The number of aryl methyl sites for hydroxylation is 1. The van der Waals surface area contributed by atoms with Gasteiger partial charge < -0.3 is 5.32 Å². The zero-order valence-electron chi connectivity index (χ0n) is 9.19. The molecule has 0 saturated carbocycles. The highest BCUT2D eigenvalue weighted by molar-refractivity contribution is 6.30. The van der Waals surface area contributed by atoms with Gasteiger partial charge in [-0.3, -0.25) is 0 Å². The van der Waals surface area contributed by atoms with E-state index in [0.29, 0.717) is 6.04 Å². The van der Waals surface area contributed by atoms with Gasteiger partial charge in [0.25, 0.3) is 0 Å². The number of halogens is 2. The van der Waals surface area contributed by atoms with Crippen LogP contribution in [0.1, 0.15) is 25.3 Å². The lowest BCUT2D eigenvalue weighted by molar-refractivity contribution is 0.508. The summed E-state index contributed by atoms with van der Waals surface area (Å²) in [5, 5.41) is 3.45. The molecule has 1 rings (SSSR count). The first-order chi connectivity index (χ1) is 7.17. The highest BCUT2D eigenvalue weighted by atomic mass is 35.5. The van der Waals surface area contributed by atoms with Crippen molar-refractivity contribution in [2.45, 2.75) is 32.2 Å². The van der Waals surface area contributed by atoms with E-state index in [1.807, 2.05) is 7.05 Å². The fourth-order valence-electron chi connectivity index (χ4n) is 1.59. The Labute approximate surface area is 95.6 Å². The quantitative estimate of drug-likeness (QED) is 0.816. The van der Waals surface area contributed by atoms with E-state index in [-0.39, 0.29) is 10.8 Å². The van der Waals surface area contributed by atoms with Crippen molar-refractivity contribution in [3.63, 3.8) is 0 Å². The van der Waals surface area contributed by atoms with E-state index in [2.05, 4.69) is 12.2 Å². The van der Waals surface area contributed by atoms with Gasteiger partial charge in [-0.25, -0.2) is 4.39 Å². The molecule has 0 radical (unpaired) electrons. The van der Waals surface area contributed by atoms with E-state index in [0.717, 1.165) is 24.8 Å². The van der Waals surface area contributed by atoms with Crippen molar-refractivity contribution in [1.29, 1.82) is 0 Å². The molecule has 0 amide bonds. The van der Waals surface area contributed by atoms with Crippen LogP contribution in [0, 0.1) is 5.82 Å². The molecule has 84 valence electrons. The summed E-state index contributed by atoms with van der Waals surface area (Å²) in [5.41, 5.74) is 1.09. The molecule has 0 aliphatic rings. The third kappa shape index (κ3) is 3.80. The molecule has 1 nitrogen and oxygen atoms in total. The van der Waals surface area contributed by atoms with Crippen LogP contribution in [0.15, 0.2) is 18.2 Å². The lowest BCUT2D eigenvalue weighted by Gasteiger charge is -2.13. The van der Waals surface area contributed by atoms with Gasteiger partial charge in [0.05, 0.1) is 5.02 Å². The standard InChI is InChI=1S/C12H17ClFN/c1-3-10(15-2)6-4-9-5-7-12(14)11(13)8-9/h5,7-8,10,15H,3-4,6H2,1-2H3. The van der Waals surface area contributed by atoms with Gasteiger partial charge in [-0.15, -0.1) is 0 Å². The first-order valence-corrected chi connectivity index (χ1v) is 5.66. The molecule has 1 unspecified atom stereocenters. The number of hydrogen-bond donors (Lipinski definition) is 1. The maximum Gasteiger partial charge on any atom is 0.141 e. The SMILES string of the molecule is CCC(CCc1ccc(F)c(Cl)c1)NC. The van der Waals surface area contributed by atoms with Crippen LogP contribution in [-0.4, -0.2) is 13.1 Å². The second-order valence-corrected chi connectivity index (χ2v) is 4.09. The van der Waals surface area contributed by atoms with Gasteiger partial charge in [0.1, 0.15) is 5.82 Å². The fraction of sp³-hybridized carbons (Fsp3) is 0.500. The van der Waals surface area contributed by atoms with E-state index in [9.17, 15) is 4.39 Å². The molecular weight excluding hydrogens is 213 g/mol. The van der Waals surface area contributed by atoms with Crippen LogP contribution in [0.2, 0.25) is 5.02 Å². The molecule has 0 saturated heterocycles. The van der Waals surface area contributed by atoms with Crippen molar-refractivity contribution in [2.75, 3.05) is 7.05 Å². The predicted octanol–water partition coefficient (Wildman–Crippen LogP) is 3.41. The third-order valence-corrected chi connectivity index (χ3v) is 2.96. The van der Waals surface area contributed by atoms with E-state index < -0.39 is 0 Å². The zero-order valence-corrected chi connectivity index (χ0v) is 9.94. The zero-order chi connectivity index (χ0) is 11.3. The monoisotopic (exact) mass is 229 g/mol. The molecule has 3 heteroatoms. The average molecular weight is 230 g/mol. The van der Waals surface area contributed by atoms with Crippen LogP contribution in [0.3, 0.4) is 0 Å². The lowest BCUT2D eigenvalue weighted by Crippen LogP contribution is -2.24. The molecule has 0 aromatic heterocycles. The second-order valence-electron chi connectivity index (χ2n) is 3.68. The highest BCUT2D eigenvalue weighted by Crippen LogP contribution is 2.17. The average Bonchev–Trinajstić information content (AvgIpc) is 2.24. The van der Waals surface area contributed by atoms with E-state index in [4.69, 9.17) is 11.6 Å². The maximum atomic E-state index is 12.9. The number of rotatable bonds is 5. The molecule has 0 heterocycles. The van der Waals surface area contributed by atoms with Crippen LogP contribution >= 0.6 is 11.6 Å². The maximum absolute atomic E-state index is 12.9. The van der Waals surface area contributed by atoms with Gasteiger partial charge in [0, 0.05) is 6.04 Å². The summed E-state index contributed by atoms with van der Waals surface area (Å²) in [4.78, 5) is 0. The van der Waals surface area contributed by atoms with Crippen molar-refractivity contribution in [1.82, 2.24) is 5.32 Å². The Morgan fingerprint density at radius 3 is 2.73 bits per heavy atom. The van der Waals surface area contributed by atoms with Crippen LogP contribution in [-0.2, 0) is 6.42 Å². The van der Waals surface area contributed by atoms with E-state index in [1.165, 1.54) is 6.07 Å². The lowest BCUT2D eigenvalue weighted by atomic mass is 10.0.